The average Bonchev–Trinajstić information content (AvgIpc) is 2.41. The van der Waals surface area contributed by atoms with Crippen molar-refractivity contribution in [2.75, 3.05) is 26.2 Å². The normalized spacial score (nSPS) is 23.0. The molecule has 0 saturated carbocycles. The van der Waals surface area contributed by atoms with E-state index in [1.54, 1.807) is 0 Å². The minimum Gasteiger partial charge on any atom is -0.374 e. The van der Waals surface area contributed by atoms with Gasteiger partial charge in [0.05, 0.1) is 12.7 Å². The Hall–Kier alpha value is -1.04. The van der Waals surface area contributed by atoms with Crippen LogP contribution in [0, 0.1) is 11.6 Å². The van der Waals surface area contributed by atoms with Crippen LogP contribution in [0.25, 0.3) is 0 Å². The molecule has 1 fully saturated rings. The molecule has 3 nitrogen and oxygen atoms in total. The van der Waals surface area contributed by atoms with E-state index in [9.17, 15) is 8.78 Å². The molecule has 100 valence electrons. The van der Waals surface area contributed by atoms with Crippen LogP contribution in [-0.4, -0.2) is 37.2 Å². The highest BCUT2D eigenvalue weighted by atomic mass is 19.1. The van der Waals surface area contributed by atoms with Crippen LogP contribution < -0.4 is 5.73 Å². The highest BCUT2D eigenvalue weighted by Gasteiger charge is 2.25. The molecule has 0 aliphatic carbocycles. The Morgan fingerprint density at radius 1 is 1.50 bits per heavy atom. The van der Waals surface area contributed by atoms with Gasteiger partial charge >= 0.3 is 0 Å². The summed E-state index contributed by atoms with van der Waals surface area (Å²) in [6.07, 6.45) is -0.0298. The first-order valence-corrected chi connectivity index (χ1v) is 6.12. The van der Waals surface area contributed by atoms with Crippen molar-refractivity contribution >= 4 is 0 Å². The van der Waals surface area contributed by atoms with Gasteiger partial charge in [-0.3, -0.25) is 4.90 Å². The van der Waals surface area contributed by atoms with Gasteiger partial charge in [0, 0.05) is 31.2 Å². The number of nitrogens with zero attached hydrogens (tertiary/aromatic N) is 1. The summed E-state index contributed by atoms with van der Waals surface area (Å²) in [4.78, 5) is 2.07. The third-order valence-electron chi connectivity index (χ3n) is 3.39. The third-order valence-corrected chi connectivity index (χ3v) is 3.39. The molecule has 0 spiro atoms. The van der Waals surface area contributed by atoms with Crippen molar-refractivity contribution in [3.63, 3.8) is 0 Å². The zero-order chi connectivity index (χ0) is 13.1. The molecule has 1 saturated heterocycles. The van der Waals surface area contributed by atoms with Crippen molar-refractivity contribution in [3.8, 4) is 0 Å². The van der Waals surface area contributed by atoms with E-state index in [0.717, 1.165) is 6.07 Å². The van der Waals surface area contributed by atoms with Crippen LogP contribution in [0.4, 0.5) is 8.78 Å². The lowest BCUT2D eigenvalue weighted by Crippen LogP contribution is -2.46. The zero-order valence-electron chi connectivity index (χ0n) is 10.4. The van der Waals surface area contributed by atoms with Gasteiger partial charge in [-0.05, 0) is 25.1 Å². The predicted molar refractivity (Wildman–Crippen MR) is 65.1 cm³/mol. The van der Waals surface area contributed by atoms with E-state index in [0.29, 0.717) is 31.8 Å². The van der Waals surface area contributed by atoms with Crippen LogP contribution in [0.2, 0.25) is 0 Å². The molecule has 5 heteroatoms. The largest absolute Gasteiger partial charge is 0.374 e. The van der Waals surface area contributed by atoms with Crippen molar-refractivity contribution in [1.82, 2.24) is 4.90 Å². The van der Waals surface area contributed by atoms with E-state index >= 15 is 0 Å². The van der Waals surface area contributed by atoms with Gasteiger partial charge in [0.25, 0.3) is 0 Å². The first kappa shape index (κ1) is 13.4. The molecule has 2 unspecified atom stereocenters. The second-order valence-electron chi connectivity index (χ2n) is 4.57. The van der Waals surface area contributed by atoms with Crippen molar-refractivity contribution < 1.29 is 13.5 Å². The first-order valence-electron chi connectivity index (χ1n) is 6.12. The number of morpholine rings is 1. The number of nitrogens with two attached hydrogens (primary N) is 1. The van der Waals surface area contributed by atoms with Crippen LogP contribution in [0.15, 0.2) is 18.2 Å². The monoisotopic (exact) mass is 256 g/mol. The smallest absolute Gasteiger partial charge is 0.128 e. The zero-order valence-corrected chi connectivity index (χ0v) is 10.4. The van der Waals surface area contributed by atoms with Crippen LogP contribution in [0.3, 0.4) is 0 Å². The first-order chi connectivity index (χ1) is 8.61. The minimum atomic E-state index is -0.415. The maximum absolute atomic E-state index is 13.7. The summed E-state index contributed by atoms with van der Waals surface area (Å²) in [5.41, 5.74) is 5.95. The maximum Gasteiger partial charge on any atom is 0.128 e. The molecular weight excluding hydrogens is 238 g/mol. The molecule has 0 amide bonds. The Kier molecular flexibility index (Phi) is 4.27. The number of hydrogen-bond donors (Lipinski definition) is 1. The molecule has 0 bridgehead atoms. The summed E-state index contributed by atoms with van der Waals surface area (Å²) in [6, 6.07) is 3.38. The van der Waals surface area contributed by atoms with E-state index in [2.05, 4.69) is 4.90 Å². The van der Waals surface area contributed by atoms with E-state index < -0.39 is 5.82 Å². The maximum atomic E-state index is 13.7. The molecule has 0 aromatic heterocycles. The van der Waals surface area contributed by atoms with Gasteiger partial charge < -0.3 is 10.5 Å². The van der Waals surface area contributed by atoms with Crippen LogP contribution in [0.5, 0.6) is 0 Å². The summed E-state index contributed by atoms with van der Waals surface area (Å²) in [5, 5.41) is 0. The molecule has 1 heterocycles. The summed E-state index contributed by atoms with van der Waals surface area (Å²) in [6.45, 7) is 4.23. The van der Waals surface area contributed by atoms with Gasteiger partial charge in [-0.2, -0.15) is 0 Å². The number of halogens is 2. The van der Waals surface area contributed by atoms with E-state index in [1.165, 1.54) is 12.1 Å². The molecule has 18 heavy (non-hydrogen) atoms. The second kappa shape index (κ2) is 5.73. The van der Waals surface area contributed by atoms with E-state index in [-0.39, 0.29) is 18.0 Å². The van der Waals surface area contributed by atoms with Gasteiger partial charge in [0.1, 0.15) is 11.6 Å². The lowest BCUT2D eigenvalue weighted by atomic mass is 10.0. The van der Waals surface area contributed by atoms with Gasteiger partial charge in [-0.25, -0.2) is 8.78 Å². The van der Waals surface area contributed by atoms with Gasteiger partial charge in [-0.15, -0.1) is 0 Å². The van der Waals surface area contributed by atoms with Gasteiger partial charge in [0.15, 0.2) is 0 Å². The predicted octanol–water partition coefficient (Wildman–Crippen LogP) is 1.69. The highest BCUT2D eigenvalue weighted by molar-refractivity contribution is 5.22. The fourth-order valence-electron chi connectivity index (χ4n) is 2.27. The number of ether oxygens (including phenoxy) is 1. The summed E-state index contributed by atoms with van der Waals surface area (Å²) >= 11 is 0. The molecule has 1 aromatic carbocycles. The SMILES string of the molecule is CC(c1cc(F)ccc1F)N1CCOC(CN)C1. The molecule has 1 aromatic rings. The lowest BCUT2D eigenvalue weighted by Gasteiger charge is -2.36. The fourth-order valence-corrected chi connectivity index (χ4v) is 2.27. The lowest BCUT2D eigenvalue weighted by molar-refractivity contribution is -0.0368. The third kappa shape index (κ3) is 2.85. The molecule has 1 aliphatic heterocycles. The Morgan fingerprint density at radius 3 is 3.00 bits per heavy atom. The summed E-state index contributed by atoms with van der Waals surface area (Å²) in [5.74, 6) is -0.790. The van der Waals surface area contributed by atoms with Crippen molar-refractivity contribution in [1.29, 1.82) is 0 Å². The highest BCUT2D eigenvalue weighted by Crippen LogP contribution is 2.25. The molecule has 1 aliphatic rings. The Morgan fingerprint density at radius 2 is 2.28 bits per heavy atom. The summed E-state index contributed by atoms with van der Waals surface area (Å²) < 4.78 is 32.4. The molecular formula is C13H18F2N2O. The van der Waals surface area contributed by atoms with Crippen molar-refractivity contribution in [2.45, 2.75) is 19.1 Å². The van der Waals surface area contributed by atoms with Crippen molar-refractivity contribution in [2.24, 2.45) is 5.73 Å². The van der Waals surface area contributed by atoms with Crippen molar-refractivity contribution in [3.05, 3.63) is 35.4 Å². The average molecular weight is 256 g/mol. The van der Waals surface area contributed by atoms with Gasteiger partial charge in [-0.1, -0.05) is 0 Å². The van der Waals surface area contributed by atoms with Crippen LogP contribution in [0.1, 0.15) is 18.5 Å². The number of benzene rings is 1. The van der Waals surface area contributed by atoms with Crippen LogP contribution in [-0.2, 0) is 4.74 Å². The summed E-state index contributed by atoms with van der Waals surface area (Å²) in [7, 11) is 0. The Bertz CT molecular complexity index is 414. The molecule has 2 N–H and O–H groups in total. The topological polar surface area (TPSA) is 38.5 Å². The number of rotatable bonds is 3. The van der Waals surface area contributed by atoms with Gasteiger partial charge in [0.2, 0.25) is 0 Å². The molecule has 2 atom stereocenters. The van der Waals surface area contributed by atoms with Crippen LogP contribution >= 0.6 is 0 Å². The number of hydrogen-bond acceptors (Lipinski definition) is 3. The van der Waals surface area contributed by atoms with E-state index in [4.69, 9.17) is 10.5 Å². The second-order valence-corrected chi connectivity index (χ2v) is 4.57. The Balaban J connectivity index is 2.14. The Labute approximate surface area is 106 Å². The quantitative estimate of drug-likeness (QED) is 0.894. The molecule has 2 rings (SSSR count). The minimum absolute atomic E-state index is 0.0298. The fraction of sp³-hybridized carbons (Fsp3) is 0.538. The standard InChI is InChI=1S/C13H18F2N2O/c1-9(12-6-10(14)2-3-13(12)15)17-4-5-18-11(7-16)8-17/h2-3,6,9,11H,4-5,7-8,16H2,1H3. The molecule has 0 radical (unpaired) electrons. The van der Waals surface area contributed by atoms with E-state index in [1.807, 2.05) is 6.92 Å².